The molecule has 1 aromatic carbocycles. The molecule has 0 aliphatic heterocycles. The summed E-state index contributed by atoms with van der Waals surface area (Å²) >= 11 is 0. The van der Waals surface area contributed by atoms with Gasteiger partial charge in [-0.2, -0.15) is 0 Å². The van der Waals surface area contributed by atoms with E-state index in [1.807, 2.05) is 0 Å². The fourth-order valence-electron chi connectivity index (χ4n) is 2.17. The average Bonchev–Trinajstić information content (AvgIpc) is 2.41. The normalized spacial score (nSPS) is 21.4. The summed E-state index contributed by atoms with van der Waals surface area (Å²) < 4.78 is 0. The molecule has 2 rings (SSSR count). The molecule has 2 amide bonds. The lowest BCUT2D eigenvalue weighted by Gasteiger charge is -2.29. The Bertz CT molecular complexity index is 649. The van der Waals surface area contributed by atoms with Crippen LogP contribution in [-0.2, 0) is 5.54 Å². The van der Waals surface area contributed by atoms with Gasteiger partial charge >= 0.3 is 0 Å². The third kappa shape index (κ3) is 2.41. The molecular weight excluding hydrogens is 256 g/mol. The van der Waals surface area contributed by atoms with Crippen molar-refractivity contribution < 1.29 is 9.59 Å². The molecule has 1 atom stereocenters. The van der Waals surface area contributed by atoms with Crippen molar-refractivity contribution in [2.75, 3.05) is 0 Å². The molecule has 6 nitrogen and oxygen atoms in total. The van der Waals surface area contributed by atoms with E-state index in [0.717, 1.165) is 0 Å². The molecule has 20 heavy (non-hydrogen) atoms. The van der Waals surface area contributed by atoms with Gasteiger partial charge < -0.3 is 22.9 Å². The summed E-state index contributed by atoms with van der Waals surface area (Å²) in [4.78, 5) is 22.8. The first kappa shape index (κ1) is 13.8. The Balaban J connectivity index is 2.55. The first-order valence-electron chi connectivity index (χ1n) is 6.01. The van der Waals surface area contributed by atoms with Gasteiger partial charge in [-0.15, -0.1) is 0 Å². The molecule has 1 aliphatic rings. The van der Waals surface area contributed by atoms with E-state index in [1.54, 1.807) is 24.3 Å². The highest BCUT2D eigenvalue weighted by atomic mass is 16.1. The number of benzene rings is 1. The number of primary amides is 2. The zero-order chi connectivity index (χ0) is 14.9. The topological polar surface area (TPSA) is 138 Å². The van der Waals surface area contributed by atoms with E-state index in [1.165, 1.54) is 12.1 Å². The number of carbonyl (C=O) groups excluding carboxylic acids is 2. The fourth-order valence-corrected chi connectivity index (χ4v) is 2.17. The highest BCUT2D eigenvalue weighted by molar-refractivity contribution is 5.99. The maximum Gasteiger partial charge on any atom is 0.249 e. The van der Waals surface area contributed by atoms with Crippen LogP contribution in [-0.4, -0.2) is 11.8 Å². The van der Waals surface area contributed by atoms with Crippen LogP contribution in [0.3, 0.4) is 0 Å². The van der Waals surface area contributed by atoms with Crippen molar-refractivity contribution in [2.24, 2.45) is 22.9 Å². The highest BCUT2D eigenvalue weighted by Crippen LogP contribution is 2.31. The van der Waals surface area contributed by atoms with Gasteiger partial charge in [0.25, 0.3) is 0 Å². The third-order valence-electron chi connectivity index (χ3n) is 3.32. The van der Waals surface area contributed by atoms with Crippen LogP contribution < -0.4 is 22.9 Å². The van der Waals surface area contributed by atoms with Gasteiger partial charge in [-0.3, -0.25) is 9.59 Å². The van der Waals surface area contributed by atoms with E-state index >= 15 is 0 Å². The number of hydrogen-bond donors (Lipinski definition) is 4. The maximum absolute atomic E-state index is 11.6. The Hall–Kier alpha value is -2.60. The number of amides is 2. The minimum atomic E-state index is -0.886. The van der Waals surface area contributed by atoms with Crippen molar-refractivity contribution in [1.29, 1.82) is 0 Å². The van der Waals surface area contributed by atoms with Gasteiger partial charge in [0.2, 0.25) is 11.8 Å². The Morgan fingerprint density at radius 1 is 1.15 bits per heavy atom. The van der Waals surface area contributed by atoms with Gasteiger partial charge in [0.05, 0.1) is 5.54 Å². The molecule has 1 aliphatic carbocycles. The van der Waals surface area contributed by atoms with E-state index in [-0.39, 0.29) is 11.1 Å². The van der Waals surface area contributed by atoms with Crippen LogP contribution >= 0.6 is 0 Å². The fraction of sp³-hybridized carbons (Fsp3) is 0.143. The van der Waals surface area contributed by atoms with Crippen LogP contribution in [0.15, 0.2) is 42.1 Å². The second-order valence-electron chi connectivity index (χ2n) is 4.77. The van der Waals surface area contributed by atoms with Crippen LogP contribution in [0.4, 0.5) is 0 Å². The predicted molar refractivity (Wildman–Crippen MR) is 75.4 cm³/mol. The Morgan fingerprint density at radius 2 is 1.85 bits per heavy atom. The minimum absolute atomic E-state index is 0.183. The molecule has 0 radical (unpaired) electrons. The first-order valence-corrected chi connectivity index (χ1v) is 6.01. The van der Waals surface area contributed by atoms with Crippen molar-refractivity contribution in [3.05, 3.63) is 58.8 Å². The quantitative estimate of drug-likeness (QED) is 0.607. The van der Waals surface area contributed by atoms with Gasteiger partial charge in [0.15, 0.2) is 0 Å². The molecule has 0 saturated carbocycles. The number of nitrogens with two attached hydrogens (primary N) is 4. The van der Waals surface area contributed by atoms with Crippen LogP contribution in [0.25, 0.3) is 0 Å². The number of carbonyl (C=O) groups is 2. The Morgan fingerprint density at radius 3 is 2.35 bits per heavy atom. The van der Waals surface area contributed by atoms with E-state index < -0.39 is 17.4 Å². The molecular formula is C14H16N4O2. The van der Waals surface area contributed by atoms with Crippen molar-refractivity contribution in [3.8, 4) is 0 Å². The molecule has 104 valence electrons. The van der Waals surface area contributed by atoms with Gasteiger partial charge in [-0.1, -0.05) is 18.2 Å². The molecule has 0 spiro atoms. The monoisotopic (exact) mass is 272 g/mol. The van der Waals surface area contributed by atoms with E-state index in [4.69, 9.17) is 22.9 Å². The highest BCUT2D eigenvalue weighted by Gasteiger charge is 2.29. The zero-order valence-corrected chi connectivity index (χ0v) is 10.8. The van der Waals surface area contributed by atoms with Crippen LogP contribution in [0.2, 0.25) is 0 Å². The van der Waals surface area contributed by atoms with Crippen LogP contribution in [0.1, 0.15) is 32.7 Å². The van der Waals surface area contributed by atoms with Gasteiger partial charge in [-0.25, -0.2) is 0 Å². The van der Waals surface area contributed by atoms with Crippen molar-refractivity contribution in [2.45, 2.75) is 12.0 Å². The average molecular weight is 272 g/mol. The summed E-state index contributed by atoms with van der Waals surface area (Å²) in [5, 5.41) is 0. The van der Waals surface area contributed by atoms with Crippen LogP contribution in [0.5, 0.6) is 0 Å². The maximum atomic E-state index is 11.6. The lowest BCUT2D eigenvalue weighted by Crippen LogP contribution is -2.38. The van der Waals surface area contributed by atoms with Crippen LogP contribution in [0, 0.1) is 0 Å². The number of rotatable bonds is 3. The summed E-state index contributed by atoms with van der Waals surface area (Å²) in [5.41, 5.74) is 23.2. The zero-order valence-electron chi connectivity index (χ0n) is 10.8. The second-order valence-corrected chi connectivity index (χ2v) is 4.77. The van der Waals surface area contributed by atoms with E-state index in [2.05, 4.69) is 0 Å². The standard InChI is InChI=1S/C14H16N4O2/c15-9-3-5-14(18,6-4-9)11-2-1-8(12(16)19)7-10(11)13(17)20/h1-5,7H,6,15,18H2,(H2,16,19)(H2,17,20). The molecule has 0 fully saturated rings. The molecule has 1 aromatic rings. The van der Waals surface area contributed by atoms with Gasteiger partial charge in [0, 0.05) is 16.8 Å². The molecule has 6 heteroatoms. The molecule has 0 saturated heterocycles. The minimum Gasteiger partial charge on any atom is -0.399 e. The van der Waals surface area contributed by atoms with Gasteiger partial charge in [0.1, 0.15) is 0 Å². The number of hydrogen-bond acceptors (Lipinski definition) is 4. The van der Waals surface area contributed by atoms with Gasteiger partial charge in [-0.05, 0) is 30.2 Å². The summed E-state index contributed by atoms with van der Waals surface area (Å²) in [6.45, 7) is 0. The summed E-state index contributed by atoms with van der Waals surface area (Å²) in [6, 6.07) is 4.48. The SMILES string of the molecule is NC(=O)c1ccc(C2(N)C=CC(N)=CC2)c(C(N)=O)c1. The summed E-state index contributed by atoms with van der Waals surface area (Å²) in [7, 11) is 0. The Labute approximate surface area is 116 Å². The summed E-state index contributed by atoms with van der Waals surface area (Å²) in [6.07, 6.45) is 5.60. The Kier molecular flexibility index (Phi) is 3.33. The summed E-state index contributed by atoms with van der Waals surface area (Å²) in [5.74, 6) is -1.29. The lowest BCUT2D eigenvalue weighted by molar-refractivity contribution is 0.0997. The molecule has 1 unspecified atom stereocenters. The molecule has 0 aromatic heterocycles. The smallest absolute Gasteiger partial charge is 0.249 e. The van der Waals surface area contributed by atoms with E-state index in [0.29, 0.717) is 17.7 Å². The molecule has 0 bridgehead atoms. The van der Waals surface area contributed by atoms with Crippen molar-refractivity contribution in [3.63, 3.8) is 0 Å². The third-order valence-corrected chi connectivity index (χ3v) is 3.32. The largest absolute Gasteiger partial charge is 0.399 e. The molecule has 8 N–H and O–H groups in total. The predicted octanol–water partition coefficient (Wildman–Crippen LogP) is -0.159. The van der Waals surface area contributed by atoms with Crippen molar-refractivity contribution in [1.82, 2.24) is 0 Å². The first-order chi connectivity index (χ1) is 9.33. The van der Waals surface area contributed by atoms with Crippen molar-refractivity contribution >= 4 is 11.8 Å². The second kappa shape index (κ2) is 4.82. The van der Waals surface area contributed by atoms with E-state index in [9.17, 15) is 9.59 Å². The molecule has 0 heterocycles. The lowest BCUT2D eigenvalue weighted by atomic mass is 9.81. The number of allylic oxidation sites excluding steroid dienone is 1.